The van der Waals surface area contributed by atoms with E-state index >= 15 is 0 Å². The molecule has 2 aromatic heterocycles. The fourth-order valence-corrected chi connectivity index (χ4v) is 4.34. The van der Waals surface area contributed by atoms with Crippen molar-refractivity contribution in [3.63, 3.8) is 0 Å². The van der Waals surface area contributed by atoms with Crippen molar-refractivity contribution in [3.05, 3.63) is 64.7 Å². The van der Waals surface area contributed by atoms with Gasteiger partial charge < -0.3 is 21.8 Å². The predicted molar refractivity (Wildman–Crippen MR) is 135 cm³/mol. The van der Waals surface area contributed by atoms with Crippen LogP contribution in [0.2, 0.25) is 5.02 Å². The highest BCUT2D eigenvalue weighted by molar-refractivity contribution is 6.30. The molecule has 1 fully saturated rings. The normalized spacial score (nSPS) is 15.1. The summed E-state index contributed by atoms with van der Waals surface area (Å²) < 4.78 is 1.15. The molecule has 1 aromatic carbocycles. The van der Waals surface area contributed by atoms with E-state index in [2.05, 4.69) is 27.1 Å². The van der Waals surface area contributed by atoms with E-state index in [1.165, 1.54) is 12.3 Å². The Bertz CT molecular complexity index is 1390. The van der Waals surface area contributed by atoms with Crippen molar-refractivity contribution in [2.45, 2.75) is 32.2 Å². The number of anilines is 1. The van der Waals surface area contributed by atoms with Crippen molar-refractivity contribution >= 4 is 35.1 Å². The van der Waals surface area contributed by atoms with Gasteiger partial charge >= 0.3 is 0 Å². The molecule has 36 heavy (non-hydrogen) atoms. The van der Waals surface area contributed by atoms with Crippen LogP contribution in [0.1, 0.15) is 58.9 Å². The van der Waals surface area contributed by atoms with Crippen LogP contribution < -0.4 is 16.9 Å². The van der Waals surface area contributed by atoms with Crippen LogP contribution in [0, 0.1) is 11.8 Å². The number of rotatable bonds is 5. The standard InChI is InChI=1S/C25H24ClN7O3/c1-2-5-20(34)32-13-4-3-6-18(32)24-31-21(22(23(27)35)33(24)28)15-7-9-16(10-8-15)25(36)30-19-14-17(26)11-12-29-19/h7-12,14,18H,3-4,6,13,28H2,1H3,(H2,27,35)(H,29,30,36). The van der Waals surface area contributed by atoms with Crippen molar-refractivity contribution in [1.29, 1.82) is 0 Å². The van der Waals surface area contributed by atoms with Gasteiger partial charge in [0.1, 0.15) is 11.5 Å². The summed E-state index contributed by atoms with van der Waals surface area (Å²) in [6, 6.07) is 9.15. The first kappa shape index (κ1) is 24.8. The monoisotopic (exact) mass is 505 g/mol. The molecular weight excluding hydrogens is 482 g/mol. The van der Waals surface area contributed by atoms with Crippen molar-refractivity contribution in [3.8, 4) is 23.1 Å². The molecule has 1 atom stereocenters. The van der Waals surface area contributed by atoms with Gasteiger partial charge in [-0.25, -0.2) is 14.6 Å². The molecule has 184 valence electrons. The first-order valence-electron chi connectivity index (χ1n) is 11.2. The van der Waals surface area contributed by atoms with Gasteiger partial charge in [-0.2, -0.15) is 0 Å². The molecule has 3 amide bonds. The Balaban J connectivity index is 1.65. The zero-order chi connectivity index (χ0) is 25.8. The van der Waals surface area contributed by atoms with Crippen LogP contribution in [-0.2, 0) is 4.79 Å². The molecule has 11 heteroatoms. The predicted octanol–water partition coefficient (Wildman–Crippen LogP) is 2.74. The second kappa shape index (κ2) is 10.5. The fourth-order valence-electron chi connectivity index (χ4n) is 4.18. The maximum absolute atomic E-state index is 12.6. The third kappa shape index (κ3) is 5.01. The Kier molecular flexibility index (Phi) is 7.22. The number of carbonyl (C=O) groups excluding carboxylic acids is 3. The summed E-state index contributed by atoms with van der Waals surface area (Å²) in [4.78, 5) is 47.8. The van der Waals surface area contributed by atoms with Crippen LogP contribution >= 0.6 is 11.6 Å². The van der Waals surface area contributed by atoms with E-state index in [1.807, 2.05) is 0 Å². The van der Waals surface area contributed by atoms with Gasteiger partial charge in [0.15, 0.2) is 11.5 Å². The summed E-state index contributed by atoms with van der Waals surface area (Å²) in [5, 5.41) is 3.12. The molecular formula is C25H24ClN7O3. The zero-order valence-electron chi connectivity index (χ0n) is 19.5. The van der Waals surface area contributed by atoms with E-state index in [1.54, 1.807) is 42.2 Å². The topological polar surface area (TPSA) is 149 Å². The number of nitrogens with zero attached hydrogens (tertiary/aromatic N) is 4. The molecule has 1 aliphatic heterocycles. The lowest BCUT2D eigenvalue weighted by atomic mass is 10.0. The molecule has 0 aliphatic carbocycles. The average Bonchev–Trinajstić information content (AvgIpc) is 3.21. The van der Waals surface area contributed by atoms with Crippen LogP contribution in [0.25, 0.3) is 11.3 Å². The summed E-state index contributed by atoms with van der Waals surface area (Å²) in [5.41, 5.74) is 6.81. The second-order valence-electron chi connectivity index (χ2n) is 8.18. The number of nitrogen functional groups attached to an aromatic ring is 1. The minimum absolute atomic E-state index is 0.00452. The molecule has 3 heterocycles. The van der Waals surface area contributed by atoms with Gasteiger partial charge in [-0.15, -0.1) is 0 Å². The SMILES string of the molecule is CC#CC(=O)N1CCCCC1c1nc(-c2ccc(C(=O)Nc3cc(Cl)ccn3)cc2)c(C(N)=O)n1N. The lowest BCUT2D eigenvalue weighted by Gasteiger charge is -2.33. The number of amides is 3. The van der Waals surface area contributed by atoms with Crippen molar-refractivity contribution in [2.24, 2.45) is 5.73 Å². The molecule has 0 spiro atoms. The third-order valence-electron chi connectivity index (χ3n) is 5.85. The highest BCUT2D eigenvalue weighted by atomic mass is 35.5. The second-order valence-corrected chi connectivity index (χ2v) is 8.61. The van der Waals surface area contributed by atoms with E-state index in [-0.39, 0.29) is 23.2 Å². The number of primary amides is 1. The summed E-state index contributed by atoms with van der Waals surface area (Å²) in [6.45, 7) is 2.11. The number of nitrogens with one attached hydrogen (secondary N) is 1. The van der Waals surface area contributed by atoms with Crippen LogP contribution in [-0.4, -0.2) is 43.8 Å². The van der Waals surface area contributed by atoms with E-state index in [0.717, 1.165) is 17.5 Å². The number of piperidine rings is 1. The molecule has 10 nitrogen and oxygen atoms in total. The summed E-state index contributed by atoms with van der Waals surface area (Å²) >= 11 is 5.94. The number of imidazole rings is 1. The Morgan fingerprint density at radius 2 is 1.92 bits per heavy atom. The molecule has 5 N–H and O–H groups in total. The van der Waals surface area contributed by atoms with Crippen molar-refractivity contribution < 1.29 is 14.4 Å². The van der Waals surface area contributed by atoms with Crippen LogP contribution in [0.4, 0.5) is 5.82 Å². The Labute approximate surface area is 212 Å². The minimum atomic E-state index is -0.762. The van der Waals surface area contributed by atoms with Crippen LogP contribution in [0.3, 0.4) is 0 Å². The molecule has 0 bridgehead atoms. The summed E-state index contributed by atoms with van der Waals surface area (Å²) in [7, 11) is 0. The fraction of sp³-hybridized carbons (Fsp3) is 0.240. The highest BCUT2D eigenvalue weighted by Gasteiger charge is 2.33. The van der Waals surface area contributed by atoms with Gasteiger partial charge in [0.05, 0.1) is 6.04 Å². The summed E-state index contributed by atoms with van der Waals surface area (Å²) in [5.74, 6) is 10.7. The van der Waals surface area contributed by atoms with Gasteiger partial charge in [0.2, 0.25) is 0 Å². The Morgan fingerprint density at radius 1 is 1.17 bits per heavy atom. The smallest absolute Gasteiger partial charge is 0.299 e. The number of hydrogen-bond acceptors (Lipinski definition) is 6. The van der Waals surface area contributed by atoms with E-state index in [0.29, 0.717) is 40.8 Å². The zero-order valence-corrected chi connectivity index (χ0v) is 20.2. The lowest BCUT2D eigenvalue weighted by molar-refractivity contribution is -0.129. The lowest BCUT2D eigenvalue weighted by Crippen LogP contribution is -2.40. The molecule has 1 saturated heterocycles. The van der Waals surface area contributed by atoms with E-state index < -0.39 is 11.9 Å². The molecule has 4 rings (SSSR count). The van der Waals surface area contributed by atoms with Gasteiger partial charge in [-0.05, 0) is 56.4 Å². The number of pyridine rings is 1. The average molecular weight is 506 g/mol. The number of likely N-dealkylation sites (tertiary alicyclic amines) is 1. The van der Waals surface area contributed by atoms with E-state index in [4.69, 9.17) is 23.2 Å². The molecule has 3 aromatic rings. The maximum Gasteiger partial charge on any atom is 0.299 e. The number of benzene rings is 1. The molecule has 1 aliphatic rings. The number of nitrogens with two attached hydrogens (primary N) is 2. The van der Waals surface area contributed by atoms with Crippen molar-refractivity contribution in [1.82, 2.24) is 19.5 Å². The van der Waals surface area contributed by atoms with Crippen molar-refractivity contribution in [2.75, 3.05) is 17.7 Å². The van der Waals surface area contributed by atoms with E-state index in [9.17, 15) is 14.4 Å². The van der Waals surface area contributed by atoms with Gasteiger partial charge in [-0.1, -0.05) is 29.7 Å². The molecule has 0 saturated carbocycles. The minimum Gasteiger partial charge on any atom is -0.364 e. The van der Waals surface area contributed by atoms with Gasteiger partial charge in [-0.3, -0.25) is 14.4 Å². The number of hydrogen-bond donors (Lipinski definition) is 3. The largest absolute Gasteiger partial charge is 0.364 e. The molecule has 0 radical (unpaired) electrons. The first-order valence-corrected chi connectivity index (χ1v) is 11.6. The maximum atomic E-state index is 12.6. The Hall–Kier alpha value is -4.36. The number of aromatic nitrogens is 3. The number of halogens is 1. The summed E-state index contributed by atoms with van der Waals surface area (Å²) in [6.07, 6.45) is 3.82. The number of carbonyl (C=O) groups is 3. The Morgan fingerprint density at radius 3 is 2.58 bits per heavy atom. The van der Waals surface area contributed by atoms with Gasteiger partial charge in [0, 0.05) is 28.9 Å². The first-order chi connectivity index (χ1) is 17.3. The van der Waals surface area contributed by atoms with Gasteiger partial charge in [0.25, 0.3) is 17.7 Å². The van der Waals surface area contributed by atoms with Crippen LogP contribution in [0.15, 0.2) is 42.6 Å². The quantitative estimate of drug-likeness (QED) is 0.358. The van der Waals surface area contributed by atoms with Crippen LogP contribution in [0.5, 0.6) is 0 Å². The highest BCUT2D eigenvalue weighted by Crippen LogP contribution is 2.33. The molecule has 1 unspecified atom stereocenters. The third-order valence-corrected chi connectivity index (χ3v) is 6.08.